The van der Waals surface area contributed by atoms with Crippen molar-refractivity contribution < 1.29 is 0 Å². The lowest BCUT2D eigenvalue weighted by Gasteiger charge is -2.34. The molecule has 30 heavy (non-hydrogen) atoms. The Hall–Kier alpha value is -1.65. The van der Waals surface area contributed by atoms with Crippen LogP contribution in [0.5, 0.6) is 0 Å². The highest BCUT2D eigenvalue weighted by Gasteiger charge is 2.18. The zero-order chi connectivity index (χ0) is 20.3. The number of halogens is 2. The van der Waals surface area contributed by atoms with Gasteiger partial charge in [-0.15, -0.1) is 24.0 Å². The molecule has 2 N–H and O–H groups in total. The number of nitrogens with zero attached hydrogens (tertiary/aromatic N) is 5. The molecule has 0 amide bonds. The largest absolute Gasteiger partial charge is 0.356 e. The molecule has 7 nitrogen and oxygen atoms in total. The molecule has 1 aliphatic heterocycles. The molecule has 164 valence electrons. The Morgan fingerprint density at radius 2 is 1.70 bits per heavy atom. The SMILES string of the molecule is CN=C(NCCCN1CCN(c2ncccn2)CC1)NCCc1ccc(Cl)cc1.I. The van der Waals surface area contributed by atoms with Crippen molar-refractivity contribution in [2.45, 2.75) is 12.8 Å². The summed E-state index contributed by atoms with van der Waals surface area (Å²) in [5, 5.41) is 7.54. The smallest absolute Gasteiger partial charge is 0.225 e. The van der Waals surface area contributed by atoms with Gasteiger partial charge in [0.1, 0.15) is 0 Å². The molecule has 1 saturated heterocycles. The fourth-order valence-corrected chi connectivity index (χ4v) is 3.46. The molecule has 1 fully saturated rings. The molecule has 0 atom stereocenters. The maximum atomic E-state index is 5.92. The maximum absolute atomic E-state index is 5.92. The predicted octanol–water partition coefficient (Wildman–Crippen LogP) is 2.67. The molecular weight excluding hydrogens is 513 g/mol. The number of hydrogen-bond donors (Lipinski definition) is 2. The summed E-state index contributed by atoms with van der Waals surface area (Å²) in [6, 6.07) is 9.83. The predicted molar refractivity (Wildman–Crippen MR) is 135 cm³/mol. The summed E-state index contributed by atoms with van der Waals surface area (Å²) in [7, 11) is 1.81. The molecule has 0 unspecified atom stereocenters. The average Bonchev–Trinajstić information content (AvgIpc) is 2.78. The van der Waals surface area contributed by atoms with Crippen molar-refractivity contribution in [1.29, 1.82) is 0 Å². The van der Waals surface area contributed by atoms with E-state index in [0.29, 0.717) is 0 Å². The van der Waals surface area contributed by atoms with E-state index in [1.807, 2.05) is 25.2 Å². The molecule has 3 rings (SSSR count). The maximum Gasteiger partial charge on any atom is 0.225 e. The highest BCUT2D eigenvalue weighted by molar-refractivity contribution is 14.0. The monoisotopic (exact) mass is 543 g/mol. The number of aromatic nitrogens is 2. The summed E-state index contributed by atoms with van der Waals surface area (Å²) in [5.41, 5.74) is 1.26. The normalized spacial score (nSPS) is 14.9. The van der Waals surface area contributed by atoms with Gasteiger partial charge in [-0.2, -0.15) is 0 Å². The first-order valence-electron chi connectivity index (χ1n) is 10.2. The topological polar surface area (TPSA) is 68.7 Å². The van der Waals surface area contributed by atoms with Gasteiger partial charge in [-0.05, 0) is 43.1 Å². The van der Waals surface area contributed by atoms with Crippen LogP contribution < -0.4 is 15.5 Å². The van der Waals surface area contributed by atoms with E-state index in [9.17, 15) is 0 Å². The second-order valence-electron chi connectivity index (χ2n) is 7.03. The lowest BCUT2D eigenvalue weighted by Crippen LogP contribution is -2.47. The minimum atomic E-state index is 0. The van der Waals surface area contributed by atoms with Crippen LogP contribution in [0.1, 0.15) is 12.0 Å². The quantitative estimate of drug-likeness (QED) is 0.231. The van der Waals surface area contributed by atoms with Crippen molar-refractivity contribution >= 4 is 47.5 Å². The van der Waals surface area contributed by atoms with E-state index in [-0.39, 0.29) is 24.0 Å². The third-order valence-corrected chi connectivity index (χ3v) is 5.25. The van der Waals surface area contributed by atoms with E-state index in [2.05, 4.69) is 47.5 Å². The van der Waals surface area contributed by atoms with Crippen LogP contribution >= 0.6 is 35.6 Å². The highest BCUT2D eigenvalue weighted by atomic mass is 127. The number of anilines is 1. The number of aliphatic imine (C=N–C) groups is 1. The van der Waals surface area contributed by atoms with Gasteiger partial charge < -0.3 is 15.5 Å². The molecule has 0 radical (unpaired) electrons. The van der Waals surface area contributed by atoms with Crippen molar-refractivity contribution in [1.82, 2.24) is 25.5 Å². The molecule has 0 bridgehead atoms. The third kappa shape index (κ3) is 8.23. The number of hydrogen-bond acceptors (Lipinski definition) is 5. The summed E-state index contributed by atoms with van der Waals surface area (Å²) in [6.07, 6.45) is 5.63. The number of benzene rings is 1. The first kappa shape index (κ1) is 24.6. The van der Waals surface area contributed by atoms with Gasteiger partial charge in [-0.1, -0.05) is 23.7 Å². The molecule has 2 heterocycles. The number of rotatable bonds is 8. The van der Waals surface area contributed by atoms with Gasteiger partial charge in [0.05, 0.1) is 0 Å². The molecule has 0 spiro atoms. The van der Waals surface area contributed by atoms with Gasteiger partial charge in [0, 0.05) is 63.7 Å². The Morgan fingerprint density at radius 1 is 1.03 bits per heavy atom. The summed E-state index contributed by atoms with van der Waals surface area (Å²) >= 11 is 5.92. The molecule has 1 aromatic carbocycles. The van der Waals surface area contributed by atoms with E-state index in [1.165, 1.54) is 5.56 Å². The summed E-state index contributed by atoms with van der Waals surface area (Å²) < 4.78 is 0. The number of piperazine rings is 1. The minimum absolute atomic E-state index is 0. The zero-order valence-corrected chi connectivity index (χ0v) is 20.5. The zero-order valence-electron chi connectivity index (χ0n) is 17.4. The molecule has 2 aromatic rings. The van der Waals surface area contributed by atoms with Crippen LogP contribution in [-0.4, -0.2) is 73.7 Å². The highest BCUT2D eigenvalue weighted by Crippen LogP contribution is 2.10. The summed E-state index contributed by atoms with van der Waals surface area (Å²) in [6.45, 7) is 6.88. The second kappa shape index (κ2) is 13.6. The Kier molecular flexibility index (Phi) is 11.2. The number of guanidine groups is 1. The Morgan fingerprint density at radius 3 is 2.37 bits per heavy atom. The van der Waals surface area contributed by atoms with Crippen LogP contribution in [0.4, 0.5) is 5.95 Å². The van der Waals surface area contributed by atoms with Gasteiger partial charge in [-0.25, -0.2) is 9.97 Å². The summed E-state index contributed by atoms with van der Waals surface area (Å²) in [5.74, 6) is 1.69. The van der Waals surface area contributed by atoms with Crippen molar-refractivity contribution in [2.75, 3.05) is 57.8 Å². The van der Waals surface area contributed by atoms with E-state index >= 15 is 0 Å². The first-order valence-corrected chi connectivity index (χ1v) is 10.6. The molecule has 0 aliphatic carbocycles. The van der Waals surface area contributed by atoms with Gasteiger partial charge in [-0.3, -0.25) is 9.89 Å². The van der Waals surface area contributed by atoms with E-state index in [0.717, 1.165) is 75.6 Å². The molecule has 1 aliphatic rings. The Bertz CT molecular complexity index is 750. The molecular formula is C21H31ClIN7. The van der Waals surface area contributed by atoms with Crippen LogP contribution in [0, 0.1) is 0 Å². The molecule has 1 aromatic heterocycles. The fraction of sp³-hybridized carbons (Fsp3) is 0.476. The van der Waals surface area contributed by atoms with Crippen LogP contribution in [0.15, 0.2) is 47.7 Å². The lowest BCUT2D eigenvalue weighted by atomic mass is 10.1. The average molecular weight is 544 g/mol. The summed E-state index contributed by atoms with van der Waals surface area (Å²) in [4.78, 5) is 17.7. The van der Waals surface area contributed by atoms with E-state index in [1.54, 1.807) is 12.4 Å². The fourth-order valence-electron chi connectivity index (χ4n) is 3.33. The molecule has 0 saturated carbocycles. The number of nitrogens with one attached hydrogen (secondary N) is 2. The second-order valence-corrected chi connectivity index (χ2v) is 7.47. The van der Waals surface area contributed by atoms with Crippen LogP contribution in [0.3, 0.4) is 0 Å². The van der Waals surface area contributed by atoms with Crippen LogP contribution in [0.25, 0.3) is 0 Å². The van der Waals surface area contributed by atoms with Gasteiger partial charge in [0.15, 0.2) is 5.96 Å². The Labute approximate surface area is 201 Å². The van der Waals surface area contributed by atoms with E-state index < -0.39 is 0 Å². The van der Waals surface area contributed by atoms with Crippen LogP contribution in [-0.2, 0) is 6.42 Å². The Balaban J connectivity index is 0.00000320. The van der Waals surface area contributed by atoms with Crippen molar-refractivity contribution in [3.05, 3.63) is 53.3 Å². The minimum Gasteiger partial charge on any atom is -0.356 e. The first-order chi connectivity index (χ1) is 14.2. The van der Waals surface area contributed by atoms with Crippen molar-refractivity contribution in [3.63, 3.8) is 0 Å². The van der Waals surface area contributed by atoms with Gasteiger partial charge in [0.25, 0.3) is 0 Å². The molecule has 9 heteroatoms. The standard InChI is InChI=1S/C21H30ClN7.HI/c1-23-20(25-12-8-18-4-6-19(22)7-5-18)24-11-3-13-28-14-16-29(17-15-28)21-26-9-2-10-27-21;/h2,4-7,9-10H,3,8,11-17H2,1H3,(H2,23,24,25);1H. The van der Waals surface area contributed by atoms with Crippen molar-refractivity contribution in [3.8, 4) is 0 Å². The lowest BCUT2D eigenvalue weighted by molar-refractivity contribution is 0.254. The van der Waals surface area contributed by atoms with E-state index in [4.69, 9.17) is 11.6 Å². The van der Waals surface area contributed by atoms with Crippen LogP contribution in [0.2, 0.25) is 5.02 Å². The third-order valence-electron chi connectivity index (χ3n) is 4.99. The van der Waals surface area contributed by atoms with Gasteiger partial charge >= 0.3 is 0 Å². The van der Waals surface area contributed by atoms with Gasteiger partial charge in [0.2, 0.25) is 5.95 Å². The van der Waals surface area contributed by atoms with Crippen molar-refractivity contribution in [2.24, 2.45) is 4.99 Å².